The van der Waals surface area contributed by atoms with Crippen molar-refractivity contribution in [3.05, 3.63) is 58.6 Å². The molecule has 0 fully saturated rings. The fourth-order valence-corrected chi connectivity index (χ4v) is 2.28. The van der Waals surface area contributed by atoms with Gasteiger partial charge in [-0.2, -0.15) is 5.26 Å². The molecule has 28 heavy (non-hydrogen) atoms. The van der Waals surface area contributed by atoms with Crippen LogP contribution < -0.4 is 5.32 Å². The van der Waals surface area contributed by atoms with Gasteiger partial charge in [0.25, 0.3) is 5.91 Å². The third kappa shape index (κ3) is 4.86. The van der Waals surface area contributed by atoms with Crippen molar-refractivity contribution in [2.45, 2.75) is 13.8 Å². The van der Waals surface area contributed by atoms with E-state index in [1.807, 2.05) is 0 Å². The number of carbonyl (C=O) groups excluding carboxylic acids is 3. The van der Waals surface area contributed by atoms with E-state index in [0.29, 0.717) is 17.0 Å². The predicted octanol–water partition coefficient (Wildman–Crippen LogP) is 3.10. The minimum Gasteiger partial charge on any atom is -0.465 e. The summed E-state index contributed by atoms with van der Waals surface area (Å²) in [7, 11) is 1.24. The Kier molecular flexibility index (Phi) is 6.71. The number of carbonyl (C=O) groups is 3. The normalized spacial score (nSPS) is 10.7. The fourth-order valence-electron chi connectivity index (χ4n) is 2.28. The first-order valence-electron chi connectivity index (χ1n) is 8.28. The first-order valence-corrected chi connectivity index (χ1v) is 8.28. The number of furan rings is 1. The van der Waals surface area contributed by atoms with Crippen molar-refractivity contribution in [3.8, 4) is 6.07 Å². The Morgan fingerprint density at radius 2 is 1.89 bits per heavy atom. The Morgan fingerprint density at radius 3 is 2.46 bits per heavy atom. The summed E-state index contributed by atoms with van der Waals surface area (Å²) in [6.07, 6.45) is 1.22. The number of ether oxygens (including phenoxy) is 2. The van der Waals surface area contributed by atoms with Crippen LogP contribution in [0.5, 0.6) is 0 Å². The highest BCUT2D eigenvalue weighted by molar-refractivity contribution is 6.09. The lowest BCUT2D eigenvalue weighted by Crippen LogP contribution is -2.13. The highest BCUT2D eigenvalue weighted by atomic mass is 16.5. The second-order valence-corrected chi connectivity index (χ2v) is 5.53. The summed E-state index contributed by atoms with van der Waals surface area (Å²) in [6, 6.07) is 9.22. The van der Waals surface area contributed by atoms with Gasteiger partial charge in [-0.1, -0.05) is 0 Å². The average molecular weight is 382 g/mol. The molecule has 0 bridgehead atoms. The van der Waals surface area contributed by atoms with E-state index in [4.69, 9.17) is 9.15 Å². The van der Waals surface area contributed by atoms with Crippen molar-refractivity contribution < 1.29 is 28.3 Å². The summed E-state index contributed by atoms with van der Waals surface area (Å²) in [5.74, 6) is -1.23. The van der Waals surface area contributed by atoms with Crippen LogP contribution in [0, 0.1) is 18.3 Å². The van der Waals surface area contributed by atoms with Gasteiger partial charge in [0.15, 0.2) is 0 Å². The zero-order chi connectivity index (χ0) is 20.7. The molecule has 1 aromatic heterocycles. The average Bonchev–Trinajstić information content (AvgIpc) is 3.06. The van der Waals surface area contributed by atoms with Gasteiger partial charge in [0, 0.05) is 11.8 Å². The van der Waals surface area contributed by atoms with E-state index in [9.17, 15) is 19.6 Å². The summed E-state index contributed by atoms with van der Waals surface area (Å²) >= 11 is 0. The van der Waals surface area contributed by atoms with Gasteiger partial charge in [0.2, 0.25) is 0 Å². The van der Waals surface area contributed by atoms with E-state index in [2.05, 4.69) is 10.1 Å². The van der Waals surface area contributed by atoms with Gasteiger partial charge in [-0.15, -0.1) is 0 Å². The van der Waals surface area contributed by atoms with Crippen molar-refractivity contribution >= 4 is 29.6 Å². The molecule has 2 aromatic rings. The smallest absolute Gasteiger partial charge is 0.341 e. The lowest BCUT2D eigenvalue weighted by Gasteiger charge is -2.05. The zero-order valence-corrected chi connectivity index (χ0v) is 15.6. The van der Waals surface area contributed by atoms with Crippen molar-refractivity contribution in [2.24, 2.45) is 0 Å². The molecule has 0 unspecified atom stereocenters. The Hall–Kier alpha value is -3.86. The first kappa shape index (κ1) is 20.5. The van der Waals surface area contributed by atoms with Crippen LogP contribution in [0.4, 0.5) is 5.69 Å². The van der Waals surface area contributed by atoms with Crippen molar-refractivity contribution in [2.75, 3.05) is 19.0 Å². The number of hydrogen-bond donors (Lipinski definition) is 1. The van der Waals surface area contributed by atoms with E-state index in [1.165, 1.54) is 43.5 Å². The molecule has 1 amide bonds. The number of amides is 1. The quantitative estimate of drug-likeness (QED) is 0.463. The molecule has 0 aliphatic carbocycles. The third-order valence-corrected chi connectivity index (χ3v) is 3.65. The molecule has 0 spiro atoms. The van der Waals surface area contributed by atoms with Crippen LogP contribution >= 0.6 is 0 Å². The third-order valence-electron chi connectivity index (χ3n) is 3.65. The molecule has 0 saturated carbocycles. The lowest BCUT2D eigenvalue weighted by molar-refractivity contribution is -0.112. The number of esters is 2. The molecule has 0 saturated heterocycles. The second kappa shape index (κ2) is 9.19. The highest BCUT2D eigenvalue weighted by Gasteiger charge is 2.17. The van der Waals surface area contributed by atoms with Crippen LogP contribution in [0.15, 0.2) is 40.3 Å². The van der Waals surface area contributed by atoms with Gasteiger partial charge in [0.05, 0.1) is 19.3 Å². The minimum atomic E-state index is -0.667. The maximum Gasteiger partial charge on any atom is 0.341 e. The molecule has 8 heteroatoms. The Balaban J connectivity index is 2.16. The van der Waals surface area contributed by atoms with E-state index in [1.54, 1.807) is 19.9 Å². The summed E-state index contributed by atoms with van der Waals surface area (Å²) in [6.45, 7) is 3.54. The van der Waals surface area contributed by atoms with Crippen LogP contribution in [0.2, 0.25) is 0 Å². The van der Waals surface area contributed by atoms with Crippen LogP contribution in [-0.4, -0.2) is 31.6 Å². The number of nitrogens with zero attached hydrogens (tertiary/aromatic N) is 1. The molecule has 1 heterocycles. The molecule has 8 nitrogen and oxygen atoms in total. The number of benzene rings is 1. The zero-order valence-electron chi connectivity index (χ0n) is 15.6. The number of hydrogen-bond acceptors (Lipinski definition) is 7. The molecule has 2 rings (SSSR count). The van der Waals surface area contributed by atoms with Crippen molar-refractivity contribution in [1.82, 2.24) is 0 Å². The molecule has 0 aliphatic rings. The number of aryl methyl sites for hydroxylation is 1. The summed E-state index contributed by atoms with van der Waals surface area (Å²) in [5.41, 5.74) is 0.725. The second-order valence-electron chi connectivity index (χ2n) is 5.53. The topological polar surface area (TPSA) is 119 Å². The molecule has 1 N–H and O–H groups in total. The number of methoxy groups -OCH3 is 1. The fraction of sp³-hybridized carbons (Fsp3) is 0.200. The lowest BCUT2D eigenvalue weighted by atomic mass is 10.2. The molecule has 144 valence electrons. The SMILES string of the molecule is CCOC(=O)c1ccc(NC(=O)/C(C#N)=C/c2cc(C(=O)OC)c(C)o2)cc1. The van der Waals surface area contributed by atoms with Gasteiger partial charge in [-0.05, 0) is 44.2 Å². The van der Waals surface area contributed by atoms with E-state index in [0.717, 1.165) is 0 Å². The Labute approximate surface area is 161 Å². The molecule has 0 atom stereocenters. The number of anilines is 1. The van der Waals surface area contributed by atoms with Crippen LogP contribution in [0.1, 0.15) is 39.2 Å². The molecule has 1 aromatic carbocycles. The summed E-state index contributed by atoms with van der Waals surface area (Å²) in [4.78, 5) is 35.6. The van der Waals surface area contributed by atoms with E-state index >= 15 is 0 Å². The number of nitrogens with one attached hydrogen (secondary N) is 1. The van der Waals surface area contributed by atoms with Crippen LogP contribution in [0.3, 0.4) is 0 Å². The van der Waals surface area contributed by atoms with Gasteiger partial charge in [-0.25, -0.2) is 9.59 Å². The Morgan fingerprint density at radius 1 is 1.21 bits per heavy atom. The molecular formula is C20H18N2O6. The Bertz CT molecular complexity index is 964. The molecular weight excluding hydrogens is 364 g/mol. The van der Waals surface area contributed by atoms with E-state index in [-0.39, 0.29) is 23.5 Å². The van der Waals surface area contributed by atoms with Gasteiger partial charge in [-0.3, -0.25) is 4.79 Å². The first-order chi connectivity index (χ1) is 13.4. The van der Waals surface area contributed by atoms with Gasteiger partial charge in [0.1, 0.15) is 28.7 Å². The predicted molar refractivity (Wildman–Crippen MR) is 99.4 cm³/mol. The summed E-state index contributed by atoms with van der Waals surface area (Å²) < 4.78 is 14.9. The maximum absolute atomic E-state index is 12.3. The van der Waals surface area contributed by atoms with Crippen LogP contribution in [-0.2, 0) is 14.3 Å². The summed E-state index contributed by atoms with van der Waals surface area (Å²) in [5, 5.41) is 11.8. The monoisotopic (exact) mass is 382 g/mol. The minimum absolute atomic E-state index is 0.169. The van der Waals surface area contributed by atoms with Crippen molar-refractivity contribution in [3.63, 3.8) is 0 Å². The van der Waals surface area contributed by atoms with Crippen molar-refractivity contribution in [1.29, 1.82) is 5.26 Å². The largest absolute Gasteiger partial charge is 0.465 e. The van der Waals surface area contributed by atoms with Gasteiger partial charge < -0.3 is 19.2 Å². The van der Waals surface area contributed by atoms with E-state index < -0.39 is 17.8 Å². The van der Waals surface area contributed by atoms with Crippen LogP contribution in [0.25, 0.3) is 6.08 Å². The van der Waals surface area contributed by atoms with Gasteiger partial charge >= 0.3 is 11.9 Å². The molecule has 0 radical (unpaired) electrons. The molecule has 0 aliphatic heterocycles. The maximum atomic E-state index is 12.3. The highest BCUT2D eigenvalue weighted by Crippen LogP contribution is 2.19. The number of nitriles is 1. The standard InChI is InChI=1S/C20H18N2O6/c1-4-27-19(24)13-5-7-15(8-6-13)22-18(23)14(11-21)9-16-10-17(12(2)28-16)20(25)26-3/h5-10H,4H2,1-3H3,(H,22,23)/b14-9+. The number of rotatable bonds is 6.